The third kappa shape index (κ3) is 5.86. The molecule has 0 saturated carbocycles. The third-order valence-electron chi connectivity index (χ3n) is 3.36. The van der Waals surface area contributed by atoms with Gasteiger partial charge < -0.3 is 10.1 Å². The first-order chi connectivity index (χ1) is 12.3. The Morgan fingerprint density at radius 2 is 1.85 bits per heavy atom. The van der Waals surface area contributed by atoms with Crippen LogP contribution in [0.2, 0.25) is 0 Å². The Morgan fingerprint density at radius 1 is 1.12 bits per heavy atom. The highest BCUT2D eigenvalue weighted by Crippen LogP contribution is 2.20. The summed E-state index contributed by atoms with van der Waals surface area (Å²) in [5, 5.41) is 2.43. The molecule has 2 aromatic rings. The maximum absolute atomic E-state index is 11.9. The van der Waals surface area contributed by atoms with E-state index >= 15 is 0 Å². The number of nitrogens with one attached hydrogen (secondary N) is 1. The first-order valence-electron chi connectivity index (χ1n) is 7.76. The molecule has 0 fully saturated rings. The number of carbonyl (C=O) groups excluding carboxylic acids is 2. The molecular weight excluding hydrogens is 354 g/mol. The maximum Gasteiger partial charge on any atom is 0.331 e. The van der Waals surface area contributed by atoms with Crippen LogP contribution in [0.1, 0.15) is 11.1 Å². The number of para-hydroxylation sites is 1. The summed E-state index contributed by atoms with van der Waals surface area (Å²) >= 11 is 0. The van der Waals surface area contributed by atoms with E-state index < -0.39 is 28.3 Å². The van der Waals surface area contributed by atoms with Crippen molar-refractivity contribution in [3.8, 4) is 0 Å². The van der Waals surface area contributed by atoms with Crippen molar-refractivity contribution < 1.29 is 22.7 Å². The summed E-state index contributed by atoms with van der Waals surface area (Å²) in [6.07, 6.45) is 3.87. The molecule has 2 aromatic carbocycles. The summed E-state index contributed by atoms with van der Waals surface area (Å²) in [7, 11) is -3.49. The Hall–Kier alpha value is -2.93. The fourth-order valence-corrected chi connectivity index (χ4v) is 3.05. The molecule has 2 rings (SSSR count). The highest BCUT2D eigenvalue weighted by molar-refractivity contribution is 7.90. The molecule has 0 aromatic heterocycles. The zero-order chi connectivity index (χ0) is 19.2. The molecule has 0 aliphatic rings. The Balaban J connectivity index is 1.92. The average molecular weight is 373 g/mol. The van der Waals surface area contributed by atoms with Gasteiger partial charge in [-0.15, -0.1) is 0 Å². The second-order valence-corrected chi connectivity index (χ2v) is 7.66. The first-order valence-corrected chi connectivity index (χ1v) is 9.65. The molecule has 136 valence electrons. The highest BCUT2D eigenvalue weighted by Gasteiger charge is 2.15. The van der Waals surface area contributed by atoms with E-state index in [0.29, 0.717) is 0 Å². The molecule has 26 heavy (non-hydrogen) atoms. The summed E-state index contributed by atoms with van der Waals surface area (Å²) in [6, 6.07) is 13.6. The number of hydrogen-bond donors (Lipinski definition) is 1. The van der Waals surface area contributed by atoms with E-state index in [9.17, 15) is 18.0 Å². The lowest BCUT2D eigenvalue weighted by molar-refractivity contribution is -0.142. The molecule has 0 radical (unpaired) electrons. The lowest BCUT2D eigenvalue weighted by Gasteiger charge is -2.09. The van der Waals surface area contributed by atoms with Gasteiger partial charge in [0.15, 0.2) is 16.4 Å². The van der Waals surface area contributed by atoms with Crippen molar-refractivity contribution in [2.45, 2.75) is 11.8 Å². The lowest BCUT2D eigenvalue weighted by Crippen LogP contribution is -2.21. The average Bonchev–Trinajstić information content (AvgIpc) is 2.58. The summed E-state index contributed by atoms with van der Waals surface area (Å²) < 4.78 is 28.3. The lowest BCUT2D eigenvalue weighted by atomic mass is 10.1. The molecule has 7 heteroatoms. The van der Waals surface area contributed by atoms with Crippen LogP contribution in [0.4, 0.5) is 5.69 Å². The molecule has 0 saturated heterocycles. The van der Waals surface area contributed by atoms with Gasteiger partial charge in [0.05, 0.1) is 10.6 Å². The van der Waals surface area contributed by atoms with Crippen molar-refractivity contribution in [3.05, 3.63) is 65.7 Å². The van der Waals surface area contributed by atoms with E-state index in [1.807, 2.05) is 31.2 Å². The van der Waals surface area contributed by atoms with Gasteiger partial charge in [-0.2, -0.15) is 0 Å². The minimum absolute atomic E-state index is 0.000908. The van der Waals surface area contributed by atoms with Crippen LogP contribution >= 0.6 is 0 Å². The van der Waals surface area contributed by atoms with Crippen LogP contribution in [0.15, 0.2) is 59.5 Å². The molecule has 0 aliphatic heterocycles. The number of anilines is 1. The SMILES string of the molecule is Cc1cccc(/C=C/C(=O)OCC(=O)Nc2ccccc2S(C)(=O)=O)c1. The molecule has 0 unspecified atom stereocenters. The Bertz CT molecular complexity index is 948. The number of ether oxygens (including phenoxy) is 1. The van der Waals surface area contributed by atoms with Crippen LogP contribution in [0.5, 0.6) is 0 Å². The standard InChI is InChI=1S/C19H19NO5S/c1-14-6-5-7-15(12-14)10-11-19(22)25-13-18(21)20-16-8-3-4-9-17(16)26(2,23)24/h3-12H,13H2,1-2H3,(H,20,21)/b11-10+. The van der Waals surface area contributed by atoms with Gasteiger partial charge in [-0.25, -0.2) is 13.2 Å². The molecule has 0 heterocycles. The minimum atomic E-state index is -3.49. The number of amides is 1. The van der Waals surface area contributed by atoms with E-state index in [1.54, 1.807) is 18.2 Å². The first kappa shape index (κ1) is 19.4. The topological polar surface area (TPSA) is 89.5 Å². The quantitative estimate of drug-likeness (QED) is 0.621. The maximum atomic E-state index is 11.9. The van der Waals surface area contributed by atoms with Gasteiger partial charge in [0.2, 0.25) is 0 Å². The minimum Gasteiger partial charge on any atom is -0.452 e. The summed E-state index contributed by atoms with van der Waals surface area (Å²) in [5.41, 5.74) is 2.05. The number of sulfone groups is 1. The van der Waals surface area contributed by atoms with E-state index in [1.165, 1.54) is 18.2 Å². The van der Waals surface area contributed by atoms with Crippen LogP contribution in [0.25, 0.3) is 6.08 Å². The van der Waals surface area contributed by atoms with Gasteiger partial charge in [0.25, 0.3) is 5.91 Å². The summed E-state index contributed by atoms with van der Waals surface area (Å²) in [6.45, 7) is 1.42. The Morgan fingerprint density at radius 3 is 2.54 bits per heavy atom. The van der Waals surface area contributed by atoms with E-state index in [4.69, 9.17) is 4.74 Å². The zero-order valence-corrected chi connectivity index (χ0v) is 15.2. The second-order valence-electron chi connectivity index (χ2n) is 5.67. The van der Waals surface area contributed by atoms with Gasteiger partial charge >= 0.3 is 5.97 Å². The Labute approximate surface area is 152 Å². The van der Waals surface area contributed by atoms with Gasteiger partial charge in [0, 0.05) is 12.3 Å². The van der Waals surface area contributed by atoms with Crippen LogP contribution in [-0.4, -0.2) is 33.2 Å². The normalized spacial score (nSPS) is 11.3. The number of benzene rings is 2. The van der Waals surface area contributed by atoms with Crippen LogP contribution < -0.4 is 5.32 Å². The number of esters is 1. The molecule has 0 atom stereocenters. The van der Waals surface area contributed by atoms with E-state index in [0.717, 1.165) is 17.4 Å². The van der Waals surface area contributed by atoms with Crippen molar-refractivity contribution in [3.63, 3.8) is 0 Å². The molecule has 1 N–H and O–H groups in total. The molecule has 0 bridgehead atoms. The van der Waals surface area contributed by atoms with Crippen LogP contribution in [0, 0.1) is 6.92 Å². The predicted molar refractivity (Wildman–Crippen MR) is 99.4 cm³/mol. The molecule has 1 amide bonds. The number of hydrogen-bond acceptors (Lipinski definition) is 5. The summed E-state index contributed by atoms with van der Waals surface area (Å²) in [5.74, 6) is -1.29. The smallest absolute Gasteiger partial charge is 0.331 e. The van der Waals surface area contributed by atoms with Gasteiger partial charge in [-0.05, 0) is 30.7 Å². The predicted octanol–water partition coefficient (Wildman–Crippen LogP) is 2.59. The van der Waals surface area contributed by atoms with Crippen molar-refractivity contribution in [2.75, 3.05) is 18.2 Å². The molecular formula is C19H19NO5S. The van der Waals surface area contributed by atoms with Crippen molar-refractivity contribution >= 4 is 33.5 Å². The van der Waals surface area contributed by atoms with Crippen molar-refractivity contribution in [2.24, 2.45) is 0 Å². The zero-order valence-electron chi connectivity index (χ0n) is 14.4. The largest absolute Gasteiger partial charge is 0.452 e. The number of rotatable bonds is 6. The second kappa shape index (κ2) is 8.44. The molecule has 6 nitrogen and oxygen atoms in total. The van der Waals surface area contributed by atoms with Gasteiger partial charge in [-0.3, -0.25) is 4.79 Å². The van der Waals surface area contributed by atoms with Crippen molar-refractivity contribution in [1.82, 2.24) is 0 Å². The van der Waals surface area contributed by atoms with Crippen LogP contribution in [-0.2, 0) is 24.2 Å². The fourth-order valence-electron chi connectivity index (χ4n) is 2.20. The van der Waals surface area contributed by atoms with Crippen LogP contribution in [0.3, 0.4) is 0 Å². The molecule has 0 aliphatic carbocycles. The fraction of sp³-hybridized carbons (Fsp3) is 0.158. The van der Waals surface area contributed by atoms with E-state index in [2.05, 4.69) is 5.32 Å². The monoisotopic (exact) mass is 373 g/mol. The third-order valence-corrected chi connectivity index (χ3v) is 4.52. The molecule has 0 spiro atoms. The Kier molecular flexibility index (Phi) is 6.30. The summed E-state index contributed by atoms with van der Waals surface area (Å²) in [4.78, 5) is 23.6. The van der Waals surface area contributed by atoms with Gasteiger partial charge in [-0.1, -0.05) is 42.0 Å². The van der Waals surface area contributed by atoms with Gasteiger partial charge in [0.1, 0.15) is 0 Å². The highest BCUT2D eigenvalue weighted by atomic mass is 32.2. The number of aryl methyl sites for hydroxylation is 1. The number of carbonyl (C=O) groups is 2. The van der Waals surface area contributed by atoms with Crippen molar-refractivity contribution in [1.29, 1.82) is 0 Å². The van der Waals surface area contributed by atoms with E-state index in [-0.39, 0.29) is 10.6 Å².